The average Bonchev–Trinajstić information content (AvgIpc) is 2.72. The summed E-state index contributed by atoms with van der Waals surface area (Å²) >= 11 is 3.53. The van der Waals surface area contributed by atoms with E-state index in [1.54, 1.807) is 0 Å². The number of carbonyl (C=O) groups excluding carboxylic acids is 2. The molecule has 3 aliphatic rings. The second-order valence-electron chi connectivity index (χ2n) is 11.3. The van der Waals surface area contributed by atoms with Gasteiger partial charge in [0.05, 0.1) is 0 Å². The molecule has 2 aliphatic carbocycles. The van der Waals surface area contributed by atoms with Crippen LogP contribution in [0.2, 0.25) is 0 Å². The number of benzene rings is 2. The molecule has 4 heteroatoms. The van der Waals surface area contributed by atoms with Gasteiger partial charge in [0.15, 0.2) is 11.6 Å². The van der Waals surface area contributed by atoms with Crippen LogP contribution in [0.25, 0.3) is 0 Å². The fraction of sp³-hybridized carbons (Fsp3) is 0.379. The van der Waals surface area contributed by atoms with Gasteiger partial charge in [-0.05, 0) is 53.5 Å². The third kappa shape index (κ3) is 3.93. The number of rotatable bonds is 2. The zero-order valence-corrected chi connectivity index (χ0v) is 21.3. The summed E-state index contributed by atoms with van der Waals surface area (Å²) in [6.07, 6.45) is 2.62. The first-order valence-electron chi connectivity index (χ1n) is 11.7. The summed E-state index contributed by atoms with van der Waals surface area (Å²) in [5.41, 5.74) is 5.56. The Morgan fingerprint density at radius 1 is 0.727 bits per heavy atom. The Morgan fingerprint density at radius 2 is 1.21 bits per heavy atom. The summed E-state index contributed by atoms with van der Waals surface area (Å²) in [5, 5.41) is 0. The summed E-state index contributed by atoms with van der Waals surface area (Å²) in [4.78, 5) is 29.8. The highest BCUT2D eigenvalue weighted by Gasteiger charge is 2.49. The van der Waals surface area contributed by atoms with Gasteiger partial charge in [0.1, 0.15) is 0 Å². The lowest BCUT2D eigenvalue weighted by molar-refractivity contribution is -0.119. The Labute approximate surface area is 204 Å². The minimum atomic E-state index is -0.296. The van der Waals surface area contributed by atoms with Crippen molar-refractivity contribution in [1.29, 1.82) is 0 Å². The van der Waals surface area contributed by atoms with Gasteiger partial charge in [0, 0.05) is 51.5 Å². The highest BCUT2D eigenvalue weighted by Crippen LogP contribution is 2.55. The van der Waals surface area contributed by atoms with Crippen molar-refractivity contribution < 1.29 is 9.59 Å². The number of hydrogen-bond acceptors (Lipinski definition) is 3. The van der Waals surface area contributed by atoms with Crippen LogP contribution in [0.15, 0.2) is 81.6 Å². The molecule has 0 aromatic heterocycles. The topological polar surface area (TPSA) is 37.4 Å². The van der Waals surface area contributed by atoms with Crippen molar-refractivity contribution in [3.8, 4) is 0 Å². The number of carbonyl (C=O) groups is 2. The maximum Gasteiger partial charge on any atom is 0.162 e. The van der Waals surface area contributed by atoms with Gasteiger partial charge in [-0.15, -0.1) is 0 Å². The Hall–Kier alpha value is -2.46. The molecule has 3 nitrogen and oxygen atoms in total. The molecular weight excluding hydrogens is 474 g/mol. The molecule has 0 N–H and O–H groups in total. The van der Waals surface area contributed by atoms with Gasteiger partial charge >= 0.3 is 0 Å². The van der Waals surface area contributed by atoms with Crippen LogP contribution in [-0.2, 0) is 9.59 Å². The SMILES string of the molecule is CC1(C)CC(=O)C2=C(C1)N(c1ccccc1)C1=C(C(=O)CC(C)(C)C1)C2c1ccc(Br)cc1. The zero-order chi connectivity index (χ0) is 23.5. The first-order valence-corrected chi connectivity index (χ1v) is 12.5. The van der Waals surface area contributed by atoms with E-state index in [-0.39, 0.29) is 28.3 Å². The lowest BCUT2D eigenvalue weighted by atomic mass is 9.63. The zero-order valence-electron chi connectivity index (χ0n) is 19.7. The van der Waals surface area contributed by atoms with Crippen LogP contribution < -0.4 is 4.90 Å². The number of halogens is 1. The predicted octanol–water partition coefficient (Wildman–Crippen LogP) is 7.34. The normalized spacial score (nSPS) is 22.4. The molecule has 2 aromatic rings. The third-order valence-electron chi connectivity index (χ3n) is 7.13. The highest BCUT2D eigenvalue weighted by molar-refractivity contribution is 9.10. The van der Waals surface area contributed by atoms with E-state index < -0.39 is 0 Å². The molecule has 0 spiro atoms. The minimum absolute atomic E-state index is 0.126. The van der Waals surface area contributed by atoms with Crippen LogP contribution in [0.3, 0.4) is 0 Å². The molecule has 170 valence electrons. The van der Waals surface area contributed by atoms with Crippen molar-refractivity contribution in [3.63, 3.8) is 0 Å². The van der Waals surface area contributed by atoms with E-state index in [1.807, 2.05) is 30.3 Å². The summed E-state index contributed by atoms with van der Waals surface area (Å²) in [7, 11) is 0. The standard InChI is InChI=1S/C29H30BrNO2/c1-28(2)14-21-26(23(32)16-28)25(18-10-12-19(30)13-11-18)27-22(15-29(3,4)17-24(27)33)31(21)20-8-6-5-7-9-20/h5-13,25H,14-17H2,1-4H3. The molecule has 33 heavy (non-hydrogen) atoms. The highest BCUT2D eigenvalue weighted by atomic mass is 79.9. The van der Waals surface area contributed by atoms with Crippen LogP contribution in [0.1, 0.15) is 64.9 Å². The lowest BCUT2D eigenvalue weighted by Gasteiger charge is -2.49. The summed E-state index contributed by atoms with van der Waals surface area (Å²) in [6.45, 7) is 8.69. The maximum atomic E-state index is 13.8. The average molecular weight is 504 g/mol. The molecule has 0 saturated carbocycles. The molecule has 0 unspecified atom stereocenters. The number of nitrogens with zero attached hydrogens (tertiary/aromatic N) is 1. The van der Waals surface area contributed by atoms with Crippen LogP contribution in [0, 0.1) is 10.8 Å². The Morgan fingerprint density at radius 3 is 1.70 bits per heavy atom. The van der Waals surface area contributed by atoms with Crippen molar-refractivity contribution in [2.75, 3.05) is 4.90 Å². The van der Waals surface area contributed by atoms with Gasteiger partial charge in [-0.25, -0.2) is 0 Å². The van der Waals surface area contributed by atoms with Gasteiger partial charge in [-0.3, -0.25) is 9.59 Å². The number of para-hydroxylation sites is 1. The Bertz CT molecular complexity index is 1150. The fourth-order valence-corrected chi connectivity index (χ4v) is 6.11. The smallest absolute Gasteiger partial charge is 0.162 e. The second kappa shape index (κ2) is 7.80. The van der Waals surface area contributed by atoms with Gasteiger partial charge in [0.25, 0.3) is 0 Å². The van der Waals surface area contributed by atoms with E-state index in [0.29, 0.717) is 12.8 Å². The van der Waals surface area contributed by atoms with E-state index in [1.165, 1.54) is 0 Å². The molecule has 0 saturated heterocycles. The van der Waals surface area contributed by atoms with Crippen LogP contribution in [0.4, 0.5) is 5.69 Å². The molecule has 0 bridgehead atoms. The lowest BCUT2D eigenvalue weighted by Crippen LogP contribution is -2.44. The van der Waals surface area contributed by atoms with Crippen LogP contribution in [0.5, 0.6) is 0 Å². The fourth-order valence-electron chi connectivity index (χ4n) is 5.84. The Balaban J connectivity index is 1.82. The van der Waals surface area contributed by atoms with E-state index >= 15 is 0 Å². The van der Waals surface area contributed by atoms with Gasteiger partial charge in [-0.2, -0.15) is 0 Å². The van der Waals surface area contributed by atoms with Gasteiger partial charge in [-0.1, -0.05) is 74.0 Å². The van der Waals surface area contributed by atoms with Gasteiger partial charge < -0.3 is 4.90 Å². The predicted molar refractivity (Wildman–Crippen MR) is 136 cm³/mol. The Kier molecular flexibility index (Phi) is 5.28. The third-order valence-corrected chi connectivity index (χ3v) is 7.66. The maximum absolute atomic E-state index is 13.8. The summed E-state index contributed by atoms with van der Waals surface area (Å²) in [6, 6.07) is 18.4. The molecule has 0 fully saturated rings. The van der Waals surface area contributed by atoms with E-state index in [0.717, 1.165) is 51.1 Å². The van der Waals surface area contributed by atoms with Crippen LogP contribution in [-0.4, -0.2) is 11.6 Å². The molecule has 5 rings (SSSR count). The van der Waals surface area contributed by atoms with Crippen molar-refractivity contribution >= 4 is 33.2 Å². The molecule has 1 aliphatic heterocycles. The largest absolute Gasteiger partial charge is 0.317 e. The summed E-state index contributed by atoms with van der Waals surface area (Å²) in [5.74, 6) is 0.0360. The van der Waals surface area contributed by atoms with E-state index in [4.69, 9.17) is 0 Å². The van der Waals surface area contributed by atoms with E-state index in [2.05, 4.69) is 72.8 Å². The second-order valence-corrected chi connectivity index (χ2v) is 12.2. The van der Waals surface area contributed by atoms with Gasteiger partial charge in [0.2, 0.25) is 0 Å². The molecule has 0 amide bonds. The number of Topliss-reactive ketones (excluding diaryl/α,β-unsaturated/α-hetero) is 2. The molecule has 2 aromatic carbocycles. The number of ketones is 2. The van der Waals surface area contributed by atoms with Crippen molar-refractivity contribution in [2.24, 2.45) is 10.8 Å². The number of allylic oxidation sites excluding steroid dienone is 4. The van der Waals surface area contributed by atoms with Crippen LogP contribution >= 0.6 is 15.9 Å². The summed E-state index contributed by atoms with van der Waals surface area (Å²) < 4.78 is 0.989. The molecule has 0 radical (unpaired) electrons. The number of anilines is 1. The van der Waals surface area contributed by atoms with Crippen molar-refractivity contribution in [2.45, 2.75) is 59.3 Å². The van der Waals surface area contributed by atoms with Crippen molar-refractivity contribution in [1.82, 2.24) is 0 Å². The first kappa shape index (κ1) is 22.3. The minimum Gasteiger partial charge on any atom is -0.317 e. The monoisotopic (exact) mass is 503 g/mol. The number of hydrogen-bond donors (Lipinski definition) is 0. The van der Waals surface area contributed by atoms with Crippen molar-refractivity contribution in [3.05, 3.63) is 87.2 Å². The quantitative estimate of drug-likeness (QED) is 0.430. The van der Waals surface area contributed by atoms with E-state index in [9.17, 15) is 9.59 Å². The molecule has 1 heterocycles. The first-order chi connectivity index (χ1) is 15.6. The molecular formula is C29H30BrNO2. The molecule has 0 atom stereocenters.